The average molecular weight is 508 g/mol. The summed E-state index contributed by atoms with van der Waals surface area (Å²) >= 11 is -2.24. The van der Waals surface area contributed by atoms with E-state index in [1.54, 1.807) is 0 Å². The van der Waals surface area contributed by atoms with Crippen molar-refractivity contribution in [3.8, 4) is 0 Å². The zero-order valence-electron chi connectivity index (χ0n) is 19.6. The Morgan fingerprint density at radius 1 is 0.931 bits per heavy atom. The van der Waals surface area contributed by atoms with Crippen molar-refractivity contribution in [3.63, 3.8) is 0 Å². The van der Waals surface area contributed by atoms with Gasteiger partial charge in [-0.05, 0) is 0 Å². The fourth-order valence-corrected chi connectivity index (χ4v) is 17.8. The van der Waals surface area contributed by atoms with Gasteiger partial charge in [0.2, 0.25) is 0 Å². The van der Waals surface area contributed by atoms with E-state index in [2.05, 4.69) is 48.4 Å². The Labute approximate surface area is 183 Å². The Kier molecular flexibility index (Phi) is 12.0. The molecule has 1 rings (SSSR count). The molecule has 1 aromatic carbocycles. The van der Waals surface area contributed by atoms with Gasteiger partial charge in [-0.25, -0.2) is 0 Å². The number of rotatable bonds is 12. The first-order valence-corrected chi connectivity index (χ1v) is 19.2. The number of hydrogen-bond acceptors (Lipinski definition) is 2. The van der Waals surface area contributed by atoms with Crippen molar-refractivity contribution in [1.29, 1.82) is 0 Å². The standard InChI is InChI=1S/C13H16NO2.3C4H9.Sn/c1-5-10-6-8-11(9-7-10)14-12(15)16-13(2,3)4;3*1-3-4-2;/h1,5-9H,2-4H3,(H,14,15);3*1,3-4H2,2H3;. The molecule has 0 saturated heterocycles. The van der Waals surface area contributed by atoms with Gasteiger partial charge in [-0.15, -0.1) is 0 Å². The summed E-state index contributed by atoms with van der Waals surface area (Å²) in [5, 5.41) is 2.81. The summed E-state index contributed by atoms with van der Waals surface area (Å²) in [6.07, 6.45) is 10.0. The average Bonchev–Trinajstić information content (AvgIpc) is 2.66. The summed E-state index contributed by atoms with van der Waals surface area (Å²) in [6.45, 7) is 12.6. The second-order valence-corrected chi connectivity index (χ2v) is 22.3. The molecular weight excluding hydrogens is 465 g/mol. The zero-order chi connectivity index (χ0) is 21.8. The van der Waals surface area contributed by atoms with Crippen LogP contribution in [-0.4, -0.2) is 30.1 Å². The molecule has 0 heterocycles. The molecule has 0 radical (unpaired) electrons. The monoisotopic (exact) mass is 509 g/mol. The van der Waals surface area contributed by atoms with Gasteiger partial charge in [-0.3, -0.25) is 0 Å². The molecule has 0 aromatic heterocycles. The van der Waals surface area contributed by atoms with Crippen LogP contribution in [0.25, 0.3) is 6.08 Å². The first kappa shape index (κ1) is 26.1. The predicted molar refractivity (Wildman–Crippen MR) is 130 cm³/mol. The van der Waals surface area contributed by atoms with Crippen molar-refractivity contribution in [1.82, 2.24) is 0 Å². The van der Waals surface area contributed by atoms with Crippen LogP contribution in [0.15, 0.2) is 28.4 Å². The molecular formula is C25H43NO2Sn. The van der Waals surface area contributed by atoms with Crippen LogP contribution in [0.5, 0.6) is 0 Å². The van der Waals surface area contributed by atoms with Crippen LogP contribution >= 0.6 is 0 Å². The summed E-state index contributed by atoms with van der Waals surface area (Å²) in [5.41, 5.74) is 1.51. The molecule has 4 heteroatoms. The third kappa shape index (κ3) is 11.1. The molecule has 0 aliphatic carbocycles. The number of ether oxygens (including phenoxy) is 1. The van der Waals surface area contributed by atoms with Crippen LogP contribution in [0.4, 0.5) is 10.5 Å². The Balaban J connectivity index is 2.87. The Hall–Kier alpha value is -0.971. The quantitative estimate of drug-likeness (QED) is 0.288. The number of carbonyl (C=O) groups excluding carboxylic acids is 1. The summed E-state index contributed by atoms with van der Waals surface area (Å²) in [6, 6.07) is 8.12. The van der Waals surface area contributed by atoms with Crippen molar-refractivity contribution < 1.29 is 9.53 Å². The van der Waals surface area contributed by atoms with Gasteiger partial charge in [-0.2, -0.15) is 0 Å². The second kappa shape index (κ2) is 13.4. The molecule has 1 N–H and O–H groups in total. The van der Waals surface area contributed by atoms with E-state index in [1.165, 1.54) is 57.4 Å². The first-order valence-electron chi connectivity index (χ1n) is 11.5. The molecule has 1 amide bonds. The van der Waals surface area contributed by atoms with Gasteiger partial charge in [0, 0.05) is 0 Å². The maximum atomic E-state index is 11.9. The summed E-state index contributed by atoms with van der Waals surface area (Å²) in [5.74, 6) is 0. The van der Waals surface area contributed by atoms with Crippen LogP contribution in [0.3, 0.4) is 0 Å². The number of anilines is 1. The third-order valence-corrected chi connectivity index (χ3v) is 19.3. The SMILES string of the molecule is CCC[CH2][Sn](/[CH]=C/c1ccc(NC(=O)OC(C)(C)C)cc1)([CH2]CCC)[CH2]CCC. The molecule has 0 aliphatic rings. The van der Waals surface area contributed by atoms with Crippen LogP contribution in [0.1, 0.15) is 85.6 Å². The molecule has 0 fully saturated rings. The number of unbranched alkanes of at least 4 members (excludes halogenated alkanes) is 3. The fourth-order valence-electron chi connectivity index (χ4n) is 3.58. The Morgan fingerprint density at radius 2 is 1.41 bits per heavy atom. The molecule has 29 heavy (non-hydrogen) atoms. The van der Waals surface area contributed by atoms with Gasteiger partial charge in [0.1, 0.15) is 0 Å². The molecule has 0 spiro atoms. The van der Waals surface area contributed by atoms with Gasteiger partial charge in [0.15, 0.2) is 0 Å². The van der Waals surface area contributed by atoms with Gasteiger partial charge in [0.05, 0.1) is 0 Å². The molecule has 3 nitrogen and oxygen atoms in total. The minimum absolute atomic E-state index is 0.408. The van der Waals surface area contributed by atoms with Crippen molar-refractivity contribution in [3.05, 3.63) is 33.9 Å². The van der Waals surface area contributed by atoms with E-state index in [4.69, 9.17) is 4.74 Å². The molecule has 0 saturated carbocycles. The van der Waals surface area contributed by atoms with E-state index < -0.39 is 30.1 Å². The zero-order valence-corrected chi connectivity index (χ0v) is 22.5. The summed E-state index contributed by atoms with van der Waals surface area (Å²) in [7, 11) is 0. The van der Waals surface area contributed by atoms with E-state index >= 15 is 0 Å². The first-order chi connectivity index (χ1) is 13.7. The van der Waals surface area contributed by atoms with Crippen molar-refractivity contribution in [2.45, 2.75) is 99.0 Å². The molecule has 0 atom stereocenters. The summed E-state index contributed by atoms with van der Waals surface area (Å²) in [4.78, 5) is 11.9. The van der Waals surface area contributed by atoms with Crippen molar-refractivity contribution in [2.24, 2.45) is 0 Å². The number of amides is 1. The van der Waals surface area contributed by atoms with E-state index in [9.17, 15) is 4.79 Å². The Morgan fingerprint density at radius 3 is 1.83 bits per heavy atom. The second-order valence-electron chi connectivity index (χ2n) is 9.26. The van der Waals surface area contributed by atoms with Crippen LogP contribution < -0.4 is 5.32 Å². The van der Waals surface area contributed by atoms with Gasteiger partial charge in [0.25, 0.3) is 0 Å². The number of carbonyl (C=O) groups is 1. The predicted octanol–water partition coefficient (Wildman–Crippen LogP) is 8.44. The third-order valence-electron chi connectivity index (χ3n) is 5.27. The van der Waals surface area contributed by atoms with E-state index in [1.807, 2.05) is 32.9 Å². The van der Waals surface area contributed by atoms with E-state index in [0.29, 0.717) is 0 Å². The molecule has 1 aromatic rings. The van der Waals surface area contributed by atoms with E-state index in [-0.39, 0.29) is 0 Å². The molecule has 0 unspecified atom stereocenters. The van der Waals surface area contributed by atoms with Gasteiger partial charge in [-0.1, -0.05) is 0 Å². The van der Waals surface area contributed by atoms with Crippen molar-refractivity contribution >= 4 is 36.2 Å². The summed E-state index contributed by atoms with van der Waals surface area (Å²) < 4.78 is 12.5. The molecule has 0 aliphatic heterocycles. The Bertz CT molecular complexity index is 595. The van der Waals surface area contributed by atoms with Gasteiger partial charge < -0.3 is 0 Å². The van der Waals surface area contributed by atoms with Crippen LogP contribution in [0, 0.1) is 0 Å². The van der Waals surface area contributed by atoms with Gasteiger partial charge >= 0.3 is 184 Å². The normalized spacial score (nSPS) is 12.3. The van der Waals surface area contributed by atoms with E-state index in [0.717, 1.165) is 5.69 Å². The maximum absolute atomic E-state index is 11.9. The minimum atomic E-state index is -2.24. The van der Waals surface area contributed by atoms with Crippen LogP contribution in [-0.2, 0) is 4.74 Å². The topological polar surface area (TPSA) is 38.3 Å². The van der Waals surface area contributed by atoms with Crippen molar-refractivity contribution in [2.75, 3.05) is 5.32 Å². The molecule has 164 valence electrons. The number of nitrogens with one attached hydrogen (secondary N) is 1. The number of hydrogen-bond donors (Lipinski definition) is 1. The number of benzene rings is 1. The fraction of sp³-hybridized carbons (Fsp3) is 0.640. The van der Waals surface area contributed by atoms with Crippen LogP contribution in [0.2, 0.25) is 13.3 Å². The molecule has 0 bridgehead atoms.